The van der Waals surface area contributed by atoms with Crippen LogP contribution in [0.4, 0.5) is 5.69 Å². The van der Waals surface area contributed by atoms with Gasteiger partial charge in [0.1, 0.15) is 11.5 Å². The Bertz CT molecular complexity index is 545. The van der Waals surface area contributed by atoms with Gasteiger partial charge in [0.05, 0.1) is 31.8 Å². The lowest BCUT2D eigenvalue weighted by Crippen LogP contribution is -1.94. The van der Waals surface area contributed by atoms with Crippen molar-refractivity contribution in [1.82, 2.24) is 4.98 Å². The fourth-order valence-electron chi connectivity index (χ4n) is 1.84. The van der Waals surface area contributed by atoms with Crippen LogP contribution in [0.3, 0.4) is 0 Å². The fraction of sp³-hybridized carbons (Fsp3) is 0.214. The Morgan fingerprint density at radius 2 is 1.61 bits per heavy atom. The quantitative estimate of drug-likeness (QED) is 0.901. The monoisotopic (exact) mass is 244 g/mol. The van der Waals surface area contributed by atoms with E-state index < -0.39 is 0 Å². The molecule has 0 bridgehead atoms. The molecule has 0 fully saturated rings. The minimum absolute atomic E-state index is 0.658. The van der Waals surface area contributed by atoms with E-state index in [4.69, 9.17) is 15.2 Å². The molecule has 0 aliphatic carbocycles. The Hall–Kier alpha value is -2.23. The third-order valence-corrected chi connectivity index (χ3v) is 2.72. The van der Waals surface area contributed by atoms with Crippen LogP contribution < -0.4 is 15.2 Å². The largest absolute Gasteiger partial charge is 0.497 e. The average molecular weight is 244 g/mol. The van der Waals surface area contributed by atoms with Gasteiger partial charge in [-0.25, -0.2) is 0 Å². The Kier molecular flexibility index (Phi) is 3.37. The van der Waals surface area contributed by atoms with Crippen molar-refractivity contribution in [3.05, 3.63) is 36.0 Å². The normalized spacial score (nSPS) is 10.2. The lowest BCUT2D eigenvalue weighted by atomic mass is 10.1. The van der Waals surface area contributed by atoms with Crippen LogP contribution in [0, 0.1) is 6.92 Å². The van der Waals surface area contributed by atoms with Gasteiger partial charge in [0, 0.05) is 11.6 Å². The highest BCUT2D eigenvalue weighted by atomic mass is 16.5. The van der Waals surface area contributed by atoms with Crippen molar-refractivity contribution in [3.8, 4) is 22.8 Å². The van der Waals surface area contributed by atoms with Gasteiger partial charge in [0.25, 0.3) is 0 Å². The number of aryl methyl sites for hydroxylation is 1. The Balaban J connectivity index is 2.55. The number of anilines is 1. The topological polar surface area (TPSA) is 57.4 Å². The van der Waals surface area contributed by atoms with Crippen LogP contribution in [-0.2, 0) is 0 Å². The third kappa shape index (κ3) is 2.37. The molecular formula is C14H16N2O2. The lowest BCUT2D eigenvalue weighted by molar-refractivity contribution is 0.394. The average Bonchev–Trinajstić information content (AvgIpc) is 2.38. The molecule has 4 nitrogen and oxygen atoms in total. The summed E-state index contributed by atoms with van der Waals surface area (Å²) in [5, 5.41) is 0. The van der Waals surface area contributed by atoms with Crippen molar-refractivity contribution in [2.75, 3.05) is 20.0 Å². The molecule has 0 radical (unpaired) electrons. The van der Waals surface area contributed by atoms with Gasteiger partial charge in [0.2, 0.25) is 0 Å². The number of aromatic nitrogens is 1. The Morgan fingerprint density at radius 1 is 1.00 bits per heavy atom. The van der Waals surface area contributed by atoms with Crippen molar-refractivity contribution in [1.29, 1.82) is 0 Å². The van der Waals surface area contributed by atoms with Crippen LogP contribution >= 0.6 is 0 Å². The molecule has 0 aliphatic rings. The van der Waals surface area contributed by atoms with Gasteiger partial charge in [-0.15, -0.1) is 0 Å². The maximum absolute atomic E-state index is 5.71. The van der Waals surface area contributed by atoms with Gasteiger partial charge in [-0.1, -0.05) is 0 Å². The van der Waals surface area contributed by atoms with Crippen molar-refractivity contribution in [2.24, 2.45) is 0 Å². The van der Waals surface area contributed by atoms with E-state index in [-0.39, 0.29) is 0 Å². The number of nitrogens with two attached hydrogens (primary N) is 1. The number of nitrogen functional groups attached to an aromatic ring is 1. The van der Waals surface area contributed by atoms with Gasteiger partial charge >= 0.3 is 0 Å². The zero-order valence-corrected chi connectivity index (χ0v) is 10.7. The van der Waals surface area contributed by atoms with E-state index in [0.29, 0.717) is 5.69 Å². The predicted octanol–water partition coefficient (Wildman–Crippen LogP) is 2.66. The first-order chi connectivity index (χ1) is 8.63. The SMILES string of the molecule is COc1cc(OC)cc(-c2ncc(N)cc2C)c1. The summed E-state index contributed by atoms with van der Waals surface area (Å²) in [4.78, 5) is 4.36. The van der Waals surface area contributed by atoms with Crippen LogP contribution in [0.2, 0.25) is 0 Å². The molecule has 1 aromatic heterocycles. The van der Waals surface area contributed by atoms with E-state index in [0.717, 1.165) is 28.3 Å². The highest BCUT2D eigenvalue weighted by Gasteiger charge is 2.08. The molecule has 0 amide bonds. The molecular weight excluding hydrogens is 228 g/mol. The second-order valence-corrected chi connectivity index (χ2v) is 4.04. The first-order valence-corrected chi connectivity index (χ1v) is 5.59. The number of rotatable bonds is 3. The number of pyridine rings is 1. The van der Waals surface area contributed by atoms with Crippen LogP contribution in [-0.4, -0.2) is 19.2 Å². The van der Waals surface area contributed by atoms with Crippen LogP contribution in [0.25, 0.3) is 11.3 Å². The molecule has 2 aromatic rings. The molecule has 94 valence electrons. The highest BCUT2D eigenvalue weighted by molar-refractivity contribution is 5.68. The minimum atomic E-state index is 0.658. The van der Waals surface area contributed by atoms with Crippen LogP contribution in [0.5, 0.6) is 11.5 Å². The number of hydrogen-bond acceptors (Lipinski definition) is 4. The molecule has 0 unspecified atom stereocenters. The van der Waals surface area contributed by atoms with Crippen molar-refractivity contribution >= 4 is 5.69 Å². The maximum atomic E-state index is 5.71. The summed E-state index contributed by atoms with van der Waals surface area (Å²) in [7, 11) is 3.25. The summed E-state index contributed by atoms with van der Waals surface area (Å²) in [5.41, 5.74) is 9.21. The standard InChI is InChI=1S/C14H16N2O2/c1-9-4-11(15)8-16-14(9)10-5-12(17-2)7-13(6-10)18-3/h4-8H,15H2,1-3H3. The summed E-state index contributed by atoms with van der Waals surface area (Å²) in [6, 6.07) is 7.58. The second kappa shape index (κ2) is 4.96. The molecule has 1 aromatic carbocycles. The molecule has 0 saturated carbocycles. The fourth-order valence-corrected chi connectivity index (χ4v) is 1.84. The Morgan fingerprint density at radius 3 is 2.11 bits per heavy atom. The van der Waals surface area contributed by atoms with Crippen molar-refractivity contribution in [3.63, 3.8) is 0 Å². The summed E-state index contributed by atoms with van der Waals surface area (Å²) in [6.45, 7) is 1.98. The van der Waals surface area contributed by atoms with E-state index in [1.807, 2.05) is 31.2 Å². The first-order valence-electron chi connectivity index (χ1n) is 5.59. The van der Waals surface area contributed by atoms with Gasteiger partial charge in [-0.2, -0.15) is 0 Å². The molecule has 2 N–H and O–H groups in total. The van der Waals surface area contributed by atoms with E-state index in [1.54, 1.807) is 20.4 Å². The smallest absolute Gasteiger partial charge is 0.123 e. The molecule has 0 atom stereocenters. The lowest BCUT2D eigenvalue weighted by Gasteiger charge is -2.10. The molecule has 2 rings (SSSR count). The van der Waals surface area contributed by atoms with Gasteiger partial charge in [0.15, 0.2) is 0 Å². The summed E-state index contributed by atoms with van der Waals surface area (Å²) < 4.78 is 10.5. The molecule has 0 aliphatic heterocycles. The van der Waals surface area contributed by atoms with Crippen molar-refractivity contribution in [2.45, 2.75) is 6.92 Å². The summed E-state index contributed by atoms with van der Waals surface area (Å²) in [5.74, 6) is 1.48. The zero-order chi connectivity index (χ0) is 13.1. The van der Waals surface area contributed by atoms with Crippen molar-refractivity contribution < 1.29 is 9.47 Å². The number of benzene rings is 1. The van der Waals surface area contributed by atoms with E-state index in [9.17, 15) is 0 Å². The van der Waals surface area contributed by atoms with E-state index in [2.05, 4.69) is 4.98 Å². The number of methoxy groups -OCH3 is 2. The number of ether oxygens (including phenoxy) is 2. The molecule has 4 heteroatoms. The summed E-state index contributed by atoms with van der Waals surface area (Å²) in [6.07, 6.45) is 1.65. The molecule has 0 saturated heterocycles. The van der Waals surface area contributed by atoms with E-state index >= 15 is 0 Å². The molecule has 1 heterocycles. The molecule has 18 heavy (non-hydrogen) atoms. The first kappa shape index (κ1) is 12.2. The predicted molar refractivity (Wildman–Crippen MR) is 71.9 cm³/mol. The second-order valence-electron chi connectivity index (χ2n) is 4.04. The van der Waals surface area contributed by atoms with Gasteiger partial charge < -0.3 is 15.2 Å². The molecule has 0 spiro atoms. The highest BCUT2D eigenvalue weighted by Crippen LogP contribution is 2.30. The maximum Gasteiger partial charge on any atom is 0.123 e. The number of nitrogens with zero attached hydrogens (tertiary/aromatic N) is 1. The number of hydrogen-bond donors (Lipinski definition) is 1. The Labute approximate surface area is 106 Å². The third-order valence-electron chi connectivity index (χ3n) is 2.72. The van der Waals surface area contributed by atoms with E-state index in [1.165, 1.54) is 0 Å². The van der Waals surface area contributed by atoms with Gasteiger partial charge in [-0.05, 0) is 30.7 Å². The zero-order valence-electron chi connectivity index (χ0n) is 10.7. The van der Waals surface area contributed by atoms with Gasteiger partial charge in [-0.3, -0.25) is 4.98 Å². The summed E-state index contributed by atoms with van der Waals surface area (Å²) >= 11 is 0. The van der Waals surface area contributed by atoms with Crippen LogP contribution in [0.1, 0.15) is 5.56 Å². The van der Waals surface area contributed by atoms with Crippen LogP contribution in [0.15, 0.2) is 30.5 Å². The minimum Gasteiger partial charge on any atom is -0.497 e.